The molecule has 1 aromatic carbocycles. The molecule has 1 saturated heterocycles. The van der Waals surface area contributed by atoms with Crippen LogP contribution in [0.15, 0.2) is 96.4 Å². The van der Waals surface area contributed by atoms with Gasteiger partial charge in [-0.15, -0.1) is 0 Å². The van der Waals surface area contributed by atoms with Gasteiger partial charge in [-0.2, -0.15) is 0 Å². The first-order chi connectivity index (χ1) is 31.2. The van der Waals surface area contributed by atoms with Gasteiger partial charge in [-0.3, -0.25) is 29.0 Å². The number of ether oxygens (including phenoxy) is 4. The van der Waals surface area contributed by atoms with Gasteiger partial charge in [-0.05, 0) is 118 Å². The van der Waals surface area contributed by atoms with Crippen molar-refractivity contribution in [2.75, 3.05) is 25.1 Å². The highest BCUT2D eigenvalue weighted by Crippen LogP contribution is 2.72. The van der Waals surface area contributed by atoms with Crippen LogP contribution in [0.1, 0.15) is 73.1 Å². The number of pyridine rings is 1. The van der Waals surface area contributed by atoms with Crippen molar-refractivity contribution in [3.05, 3.63) is 96.4 Å². The van der Waals surface area contributed by atoms with Crippen molar-refractivity contribution in [3.63, 3.8) is 0 Å². The minimum absolute atomic E-state index is 0.00288. The molecule has 6 aliphatic rings. The molecule has 4 N–H and O–H groups in total. The molecule has 0 spiro atoms. The second-order valence-electron chi connectivity index (χ2n) is 19.7. The van der Waals surface area contributed by atoms with Crippen LogP contribution in [-0.4, -0.2) is 94.7 Å². The lowest BCUT2D eigenvalue weighted by Gasteiger charge is -2.63. The van der Waals surface area contributed by atoms with Gasteiger partial charge in [0.2, 0.25) is 11.7 Å². The summed E-state index contributed by atoms with van der Waals surface area (Å²) in [6.07, 6.45) is 8.69. The predicted octanol–water partition coefficient (Wildman–Crippen LogP) is 6.70. The summed E-state index contributed by atoms with van der Waals surface area (Å²) in [7, 11) is 0. The fraction of sp³-hybridized carbons (Fsp3) is 0.529. The highest BCUT2D eigenvalue weighted by atomic mass is 19.1. The third-order valence-electron chi connectivity index (χ3n) is 15.7. The number of hydrogen-bond donors (Lipinski definition) is 3. The summed E-state index contributed by atoms with van der Waals surface area (Å²) in [5, 5.41) is 16.6. The van der Waals surface area contributed by atoms with Gasteiger partial charge in [0.1, 0.15) is 12.8 Å². The molecule has 15 heteroatoms. The van der Waals surface area contributed by atoms with E-state index in [9.17, 15) is 29.1 Å². The number of carbonyl (C=O) groups is 5. The predicted molar refractivity (Wildman–Crippen MR) is 239 cm³/mol. The quantitative estimate of drug-likeness (QED) is 0.143. The number of esters is 2. The number of aliphatic hydroxyl groups is 1. The summed E-state index contributed by atoms with van der Waals surface area (Å²) in [5.74, 6) is -8.29. The summed E-state index contributed by atoms with van der Waals surface area (Å²) in [4.78, 5) is 71.6. The van der Waals surface area contributed by atoms with Gasteiger partial charge < -0.3 is 35.1 Å². The van der Waals surface area contributed by atoms with E-state index in [1.807, 2.05) is 18.2 Å². The minimum Gasteiger partial charge on any atom is -0.461 e. The maximum atomic E-state index is 17.9. The number of nitrogens with zero attached hydrogens (tertiary/aromatic N) is 1. The Bertz CT molecular complexity index is 2480. The van der Waals surface area contributed by atoms with Gasteiger partial charge in [-0.25, -0.2) is 8.78 Å². The number of halogens is 2. The van der Waals surface area contributed by atoms with Crippen LogP contribution in [0, 0.1) is 40.4 Å². The zero-order valence-corrected chi connectivity index (χ0v) is 38.0. The van der Waals surface area contributed by atoms with Gasteiger partial charge >= 0.3 is 11.9 Å². The molecule has 2 heterocycles. The maximum absolute atomic E-state index is 17.9. The smallest absolute Gasteiger partial charge is 0.310 e. The summed E-state index contributed by atoms with van der Waals surface area (Å²) in [6.45, 7) is 11.5. The number of anilines is 1. The van der Waals surface area contributed by atoms with Crippen molar-refractivity contribution < 1.29 is 56.8 Å². The van der Waals surface area contributed by atoms with Crippen molar-refractivity contribution in [1.29, 1.82) is 0 Å². The molecule has 4 saturated carbocycles. The lowest BCUT2D eigenvalue weighted by atomic mass is 9.44. The number of benzene rings is 1. The first kappa shape index (κ1) is 47.3. The molecule has 8 rings (SSSR count). The SMILES string of the molecule is C=C(/C=C\C(=C/C)COC(=O)C1CCCC1C(=O)OCC(=O)[C@@]12OC(C)(C)O[C@@H]1C[C@H]1[C@@H]3C[C@H](F)C4=CC(=O)C=C[C@]4(C)[C@@]3(F)[C@@H](O)C[C@@]12C)[C@@H](CN)C(=O)Nc1ccc2cnccc2c1. The standard InChI is InChI=1S/C51H59F2N3O10/c1-7-29(12-11-28(2)36(24-54)44(60)56-32-14-13-31-25-55-18-16-30(31)19-32)26-63-45(61)34-9-8-10-35(34)46(62)64-27-42(59)51-43(65-47(3,4)66-51)22-37-38-21-40(52)39-20-33(57)15-17-48(39,5)50(38,53)41(58)23-49(37,51)6/h7,11-20,25,34-38,40-41,43,58H,2,8-10,21-24,26-27,54H2,1,3-6H3,(H,56,60)/b12-11-,29-7+/t34?,35?,36-,37+,38+,40+,41+,43-,48+,49+,50+,51-/m1/s1. The maximum Gasteiger partial charge on any atom is 0.310 e. The van der Waals surface area contributed by atoms with Crippen LogP contribution in [-0.2, 0) is 42.9 Å². The second kappa shape index (κ2) is 17.5. The molecule has 1 aromatic heterocycles. The number of rotatable bonds is 13. The lowest BCUT2D eigenvalue weighted by Crippen LogP contribution is -2.71. The van der Waals surface area contributed by atoms with Crippen LogP contribution >= 0.6 is 0 Å². The molecule has 1 aliphatic heterocycles. The monoisotopic (exact) mass is 911 g/mol. The Balaban J connectivity index is 0.898. The molecular formula is C51H59F2N3O10. The van der Waals surface area contributed by atoms with Gasteiger partial charge in [0.15, 0.2) is 29.4 Å². The van der Waals surface area contributed by atoms with Crippen molar-refractivity contribution in [3.8, 4) is 0 Å². The van der Waals surface area contributed by atoms with Crippen molar-refractivity contribution >= 4 is 45.9 Å². The van der Waals surface area contributed by atoms with Gasteiger partial charge in [-0.1, -0.05) is 50.3 Å². The molecule has 352 valence electrons. The van der Waals surface area contributed by atoms with Crippen LogP contribution in [0.3, 0.4) is 0 Å². The topological polar surface area (TPSA) is 193 Å². The Hall–Kier alpha value is -5.22. The van der Waals surface area contributed by atoms with Gasteiger partial charge in [0.25, 0.3) is 0 Å². The van der Waals surface area contributed by atoms with Crippen LogP contribution < -0.4 is 11.1 Å². The molecule has 2 aromatic rings. The Kier molecular flexibility index (Phi) is 12.5. The number of allylic oxidation sites excluding steroid dienone is 6. The number of hydrogen-bond acceptors (Lipinski definition) is 12. The molecule has 0 bridgehead atoms. The fourth-order valence-electron chi connectivity index (χ4n) is 12.3. The lowest BCUT2D eigenvalue weighted by molar-refractivity contribution is -0.249. The van der Waals surface area contributed by atoms with E-state index in [0.717, 1.165) is 16.8 Å². The Morgan fingerprint density at radius 3 is 2.44 bits per heavy atom. The average molecular weight is 912 g/mol. The third kappa shape index (κ3) is 7.69. The van der Waals surface area contributed by atoms with E-state index >= 15 is 8.78 Å². The van der Waals surface area contributed by atoms with Gasteiger partial charge in [0, 0.05) is 46.8 Å². The molecule has 2 unspecified atom stereocenters. The van der Waals surface area contributed by atoms with E-state index in [4.69, 9.17) is 24.7 Å². The molecule has 66 heavy (non-hydrogen) atoms. The Morgan fingerprint density at radius 2 is 1.74 bits per heavy atom. The normalized spacial score (nSPS) is 35.9. The minimum atomic E-state index is -2.37. The number of aliphatic hydroxyl groups excluding tert-OH is 1. The number of nitrogens with one attached hydrogen (secondary N) is 1. The van der Waals surface area contributed by atoms with Crippen molar-refractivity contribution in [1.82, 2.24) is 4.98 Å². The highest BCUT2D eigenvalue weighted by Gasteiger charge is 2.80. The Labute approximate surface area is 382 Å². The molecule has 5 aliphatic carbocycles. The summed E-state index contributed by atoms with van der Waals surface area (Å²) >= 11 is 0. The van der Waals surface area contributed by atoms with Crippen LogP contribution in [0.25, 0.3) is 10.8 Å². The van der Waals surface area contributed by atoms with E-state index in [1.54, 1.807) is 64.4 Å². The second-order valence-corrected chi connectivity index (χ2v) is 19.7. The Morgan fingerprint density at radius 1 is 1.03 bits per heavy atom. The van der Waals surface area contributed by atoms with E-state index in [2.05, 4.69) is 16.9 Å². The number of carbonyl (C=O) groups excluding carboxylic acids is 5. The molecule has 0 radical (unpaired) electrons. The third-order valence-corrected chi connectivity index (χ3v) is 15.7. The number of Topliss-reactive ketones (excluding diaryl/α,β-unsaturated/α-hetero) is 1. The highest BCUT2D eigenvalue weighted by molar-refractivity contribution is 6.01. The fourth-order valence-corrected chi connectivity index (χ4v) is 12.3. The summed E-state index contributed by atoms with van der Waals surface area (Å²) < 4.78 is 58.2. The molecule has 12 atom stereocenters. The van der Waals surface area contributed by atoms with Crippen LogP contribution in [0.4, 0.5) is 14.5 Å². The summed E-state index contributed by atoms with van der Waals surface area (Å²) in [5.41, 5.74) is 0.596. The van der Waals surface area contributed by atoms with Crippen molar-refractivity contribution in [2.45, 2.75) is 109 Å². The molecular weight excluding hydrogens is 853 g/mol. The van der Waals surface area contributed by atoms with Crippen molar-refractivity contribution in [2.24, 2.45) is 46.2 Å². The number of aromatic nitrogens is 1. The zero-order chi connectivity index (χ0) is 47.6. The van der Waals surface area contributed by atoms with E-state index < -0.39 is 106 Å². The average Bonchev–Trinajstić information content (AvgIpc) is 3.95. The number of amides is 1. The molecule has 1 amide bonds. The van der Waals surface area contributed by atoms with E-state index in [1.165, 1.54) is 19.1 Å². The summed E-state index contributed by atoms with van der Waals surface area (Å²) in [6, 6.07) is 7.34. The van der Waals surface area contributed by atoms with Crippen LogP contribution in [0.5, 0.6) is 0 Å². The molecule has 13 nitrogen and oxygen atoms in total. The number of fused-ring (bicyclic) bond motifs is 8. The first-order valence-electron chi connectivity index (χ1n) is 22.8. The number of nitrogens with two attached hydrogens (primary N) is 1. The molecule has 5 fully saturated rings. The van der Waals surface area contributed by atoms with E-state index in [0.29, 0.717) is 36.1 Å². The van der Waals surface area contributed by atoms with Gasteiger partial charge in [0.05, 0.1) is 30.0 Å². The first-order valence-corrected chi connectivity index (χ1v) is 22.8. The number of ketones is 2. The van der Waals surface area contributed by atoms with E-state index in [-0.39, 0.29) is 43.9 Å². The number of alkyl halides is 2. The van der Waals surface area contributed by atoms with Crippen LogP contribution in [0.2, 0.25) is 0 Å². The zero-order valence-electron chi connectivity index (χ0n) is 38.0. The largest absolute Gasteiger partial charge is 0.461 e.